The van der Waals surface area contributed by atoms with Gasteiger partial charge in [0.1, 0.15) is 0 Å². The first-order chi connectivity index (χ1) is 12.4. The van der Waals surface area contributed by atoms with Gasteiger partial charge in [-0.15, -0.1) is 0 Å². The van der Waals surface area contributed by atoms with E-state index in [0.29, 0.717) is 18.4 Å². The van der Waals surface area contributed by atoms with Gasteiger partial charge in [-0.1, -0.05) is 31.7 Å². The molecule has 0 bridgehead atoms. The van der Waals surface area contributed by atoms with Crippen molar-refractivity contribution in [2.24, 2.45) is 5.41 Å². The zero-order valence-corrected chi connectivity index (χ0v) is 14.9. The number of carbonyl (C=O) groups is 2. The maximum Gasteiger partial charge on any atom is 0.310 e. The fourth-order valence-electron chi connectivity index (χ4n) is 3.54. The molecule has 0 aliphatic heterocycles. The van der Waals surface area contributed by atoms with Gasteiger partial charge in [0.15, 0.2) is 11.6 Å². The Bertz CT molecular complexity index is 642. The van der Waals surface area contributed by atoms with E-state index >= 15 is 0 Å². The van der Waals surface area contributed by atoms with E-state index in [1.165, 1.54) is 13.2 Å². The van der Waals surface area contributed by atoms with Gasteiger partial charge in [0.05, 0.1) is 18.1 Å². The van der Waals surface area contributed by atoms with Crippen molar-refractivity contribution >= 4 is 11.9 Å². The summed E-state index contributed by atoms with van der Waals surface area (Å²) >= 11 is 0. The molecule has 1 aliphatic rings. The monoisotopic (exact) mass is 369 g/mol. The summed E-state index contributed by atoms with van der Waals surface area (Å²) < 4.78 is 31.7. The van der Waals surface area contributed by atoms with Crippen molar-refractivity contribution in [3.63, 3.8) is 0 Å². The minimum absolute atomic E-state index is 0.0664. The van der Waals surface area contributed by atoms with E-state index in [4.69, 9.17) is 4.74 Å². The molecular formula is C19H25F2NO4. The summed E-state index contributed by atoms with van der Waals surface area (Å²) in [6.07, 6.45) is 4.31. The number of carboxylic acid groups (broad SMARTS) is 1. The highest BCUT2D eigenvalue weighted by atomic mass is 19.2. The third-order valence-corrected chi connectivity index (χ3v) is 5.03. The molecule has 1 amide bonds. The summed E-state index contributed by atoms with van der Waals surface area (Å²) in [5.41, 5.74) is -0.698. The number of nitrogens with one attached hydrogen (secondary N) is 1. The molecule has 26 heavy (non-hydrogen) atoms. The first-order valence-corrected chi connectivity index (χ1v) is 8.84. The number of methoxy groups -OCH3 is 1. The van der Waals surface area contributed by atoms with Crippen molar-refractivity contribution in [3.05, 3.63) is 35.4 Å². The maximum atomic E-state index is 13.5. The fraction of sp³-hybridized carbons (Fsp3) is 0.579. The van der Waals surface area contributed by atoms with Gasteiger partial charge in [-0.25, -0.2) is 8.78 Å². The summed E-state index contributed by atoms with van der Waals surface area (Å²) in [5, 5.41) is 12.4. The summed E-state index contributed by atoms with van der Waals surface area (Å²) in [6.45, 7) is 0.0664. The first-order valence-electron chi connectivity index (χ1n) is 8.84. The van der Waals surface area contributed by atoms with Crippen LogP contribution < -0.4 is 5.32 Å². The molecule has 0 radical (unpaired) electrons. The highest BCUT2D eigenvalue weighted by Gasteiger charge is 2.40. The Morgan fingerprint density at radius 1 is 1.19 bits per heavy atom. The maximum absolute atomic E-state index is 13.5. The molecule has 1 unspecified atom stereocenters. The molecule has 1 fully saturated rings. The van der Waals surface area contributed by atoms with Gasteiger partial charge < -0.3 is 15.2 Å². The van der Waals surface area contributed by atoms with Crippen LogP contribution in [0.3, 0.4) is 0 Å². The average Bonchev–Trinajstić information content (AvgIpc) is 2.83. The zero-order chi connectivity index (χ0) is 19.2. The molecule has 2 rings (SSSR count). The minimum Gasteiger partial charge on any atom is -0.481 e. The number of aliphatic carboxylic acids is 1. The quantitative estimate of drug-likeness (QED) is 0.721. The Morgan fingerprint density at radius 2 is 1.85 bits per heavy atom. The standard InChI is InChI=1S/C19H25F2NO4/c1-26-12-16(13-6-7-14(20)15(21)10-13)22-17(23)11-19(18(24)25)8-4-2-3-5-9-19/h6-7,10,16H,2-5,8-9,11-12H2,1H3,(H,22,23)(H,24,25). The number of carboxylic acids is 1. The Hall–Kier alpha value is -2.02. The Morgan fingerprint density at radius 3 is 2.38 bits per heavy atom. The van der Waals surface area contributed by atoms with Gasteiger partial charge in [-0.2, -0.15) is 0 Å². The lowest BCUT2D eigenvalue weighted by atomic mass is 9.77. The molecule has 0 aromatic heterocycles. The molecule has 0 heterocycles. The zero-order valence-electron chi connectivity index (χ0n) is 14.9. The van der Waals surface area contributed by atoms with Gasteiger partial charge in [0.25, 0.3) is 0 Å². The van der Waals surface area contributed by atoms with Crippen molar-refractivity contribution in [1.82, 2.24) is 5.32 Å². The number of hydrogen-bond acceptors (Lipinski definition) is 3. The lowest BCUT2D eigenvalue weighted by Gasteiger charge is -2.28. The van der Waals surface area contributed by atoms with E-state index in [9.17, 15) is 23.5 Å². The molecule has 7 heteroatoms. The number of benzene rings is 1. The van der Waals surface area contributed by atoms with Crippen molar-refractivity contribution in [3.8, 4) is 0 Å². The van der Waals surface area contributed by atoms with Gasteiger partial charge >= 0.3 is 5.97 Å². The van der Waals surface area contributed by atoms with Gasteiger partial charge in [0.2, 0.25) is 5.91 Å². The number of halogens is 2. The van der Waals surface area contributed by atoms with E-state index in [-0.39, 0.29) is 13.0 Å². The van der Waals surface area contributed by atoms with Crippen LogP contribution in [0, 0.1) is 17.0 Å². The molecule has 1 atom stereocenters. The lowest BCUT2D eigenvalue weighted by Crippen LogP contribution is -2.39. The van der Waals surface area contributed by atoms with Crippen LogP contribution in [0.4, 0.5) is 8.78 Å². The summed E-state index contributed by atoms with van der Waals surface area (Å²) in [6, 6.07) is 2.70. The molecule has 1 aromatic carbocycles. The van der Waals surface area contributed by atoms with E-state index in [2.05, 4.69) is 5.32 Å². The van der Waals surface area contributed by atoms with E-state index in [0.717, 1.165) is 37.8 Å². The molecule has 2 N–H and O–H groups in total. The van der Waals surface area contributed by atoms with Crippen molar-refractivity contribution in [2.75, 3.05) is 13.7 Å². The smallest absolute Gasteiger partial charge is 0.310 e. The van der Waals surface area contributed by atoms with Gasteiger partial charge in [0, 0.05) is 13.5 Å². The molecule has 1 saturated carbocycles. The van der Waals surface area contributed by atoms with Crippen LogP contribution >= 0.6 is 0 Å². The molecule has 5 nitrogen and oxygen atoms in total. The normalized spacial score (nSPS) is 18.0. The predicted octanol–water partition coefficient (Wildman–Crippen LogP) is 3.58. The van der Waals surface area contributed by atoms with Crippen molar-refractivity contribution in [1.29, 1.82) is 0 Å². The van der Waals surface area contributed by atoms with Gasteiger partial charge in [-0.05, 0) is 30.5 Å². The third-order valence-electron chi connectivity index (χ3n) is 5.03. The Balaban J connectivity index is 2.13. The van der Waals surface area contributed by atoms with Crippen LogP contribution in [-0.2, 0) is 14.3 Å². The Kier molecular flexibility index (Phi) is 7.08. The number of ether oxygens (including phenoxy) is 1. The predicted molar refractivity (Wildman–Crippen MR) is 91.5 cm³/mol. The minimum atomic E-state index is -1.06. The summed E-state index contributed by atoms with van der Waals surface area (Å²) in [7, 11) is 1.43. The molecule has 0 saturated heterocycles. The fourth-order valence-corrected chi connectivity index (χ4v) is 3.54. The highest BCUT2D eigenvalue weighted by Crippen LogP contribution is 2.38. The van der Waals surface area contributed by atoms with Crippen LogP contribution in [0.2, 0.25) is 0 Å². The lowest BCUT2D eigenvalue weighted by molar-refractivity contribution is -0.153. The van der Waals surface area contributed by atoms with Crippen molar-refractivity contribution < 1.29 is 28.2 Å². The van der Waals surface area contributed by atoms with Crippen LogP contribution in [0.25, 0.3) is 0 Å². The topological polar surface area (TPSA) is 75.6 Å². The highest BCUT2D eigenvalue weighted by molar-refractivity contribution is 5.85. The van der Waals surface area contributed by atoms with Crippen LogP contribution in [0.1, 0.15) is 56.6 Å². The number of rotatable bonds is 7. The summed E-state index contributed by atoms with van der Waals surface area (Å²) in [4.78, 5) is 24.4. The van der Waals surface area contributed by atoms with E-state index in [1.54, 1.807) is 0 Å². The molecule has 0 spiro atoms. The summed E-state index contributed by atoms with van der Waals surface area (Å²) in [5.74, 6) is -3.37. The molecule has 144 valence electrons. The second-order valence-electron chi connectivity index (χ2n) is 6.93. The second-order valence-corrected chi connectivity index (χ2v) is 6.93. The molecule has 1 aliphatic carbocycles. The molecule has 1 aromatic rings. The van der Waals surface area contributed by atoms with Gasteiger partial charge in [-0.3, -0.25) is 9.59 Å². The SMILES string of the molecule is COCC(NC(=O)CC1(C(=O)O)CCCCCC1)c1ccc(F)c(F)c1. The second kappa shape index (κ2) is 9.07. The third kappa shape index (κ3) is 5.00. The molecular weight excluding hydrogens is 344 g/mol. The average molecular weight is 369 g/mol. The van der Waals surface area contributed by atoms with E-state index in [1.807, 2.05) is 0 Å². The number of amides is 1. The van der Waals surface area contributed by atoms with Crippen molar-refractivity contribution in [2.45, 2.75) is 51.0 Å². The van der Waals surface area contributed by atoms with Crippen LogP contribution in [0.5, 0.6) is 0 Å². The number of carbonyl (C=O) groups excluding carboxylic acids is 1. The first kappa shape index (κ1) is 20.3. The largest absolute Gasteiger partial charge is 0.481 e. The van der Waals surface area contributed by atoms with Crippen LogP contribution in [0.15, 0.2) is 18.2 Å². The number of hydrogen-bond donors (Lipinski definition) is 2. The van der Waals surface area contributed by atoms with Crippen LogP contribution in [-0.4, -0.2) is 30.7 Å². The van der Waals surface area contributed by atoms with E-state index < -0.39 is 35.0 Å². The Labute approximate surface area is 151 Å².